The molecule has 0 aliphatic heterocycles. The number of rotatable bonds is 5. The summed E-state index contributed by atoms with van der Waals surface area (Å²) in [4.78, 5) is 0. The van der Waals surface area contributed by atoms with Crippen molar-refractivity contribution in [1.29, 1.82) is 0 Å². The van der Waals surface area contributed by atoms with Crippen LogP contribution in [0.4, 0.5) is 0 Å². The summed E-state index contributed by atoms with van der Waals surface area (Å²) in [5.41, 5.74) is 6.39. The topological polar surface area (TPSA) is 22.4 Å². The fourth-order valence-electron chi connectivity index (χ4n) is 3.87. The molecular weight excluding hydrogens is 380 g/mol. The minimum Gasteiger partial charge on any atom is -0.493 e. The SMILES string of the molecule is COc1ccc(C=C(c2ccccc2)c2ccccc2)c2cc(-c3ccccc3)oc12. The lowest BCUT2D eigenvalue weighted by molar-refractivity contribution is 0.411. The Hall–Kier alpha value is -4.04. The lowest BCUT2D eigenvalue weighted by Gasteiger charge is -2.10. The van der Waals surface area contributed by atoms with Gasteiger partial charge in [-0.05, 0) is 40.5 Å². The summed E-state index contributed by atoms with van der Waals surface area (Å²) < 4.78 is 11.8. The quantitative estimate of drug-likeness (QED) is 0.281. The first-order chi connectivity index (χ1) is 15.3. The van der Waals surface area contributed by atoms with Gasteiger partial charge in [0.25, 0.3) is 0 Å². The van der Waals surface area contributed by atoms with Crippen molar-refractivity contribution in [3.8, 4) is 17.1 Å². The Kier molecular flexibility index (Phi) is 5.12. The molecule has 2 nitrogen and oxygen atoms in total. The highest BCUT2D eigenvalue weighted by Gasteiger charge is 2.14. The van der Waals surface area contributed by atoms with Crippen LogP contribution >= 0.6 is 0 Å². The maximum absolute atomic E-state index is 6.26. The van der Waals surface area contributed by atoms with Gasteiger partial charge in [-0.25, -0.2) is 0 Å². The number of fused-ring (bicyclic) bond motifs is 1. The lowest BCUT2D eigenvalue weighted by atomic mass is 9.95. The zero-order valence-electron chi connectivity index (χ0n) is 17.3. The van der Waals surface area contributed by atoms with Crippen molar-refractivity contribution >= 4 is 22.6 Å². The highest BCUT2D eigenvalue weighted by atomic mass is 16.5. The molecule has 5 aromatic rings. The molecule has 0 radical (unpaired) electrons. The second-order valence-corrected chi connectivity index (χ2v) is 7.37. The fraction of sp³-hybridized carbons (Fsp3) is 0.0345. The third-order valence-electron chi connectivity index (χ3n) is 5.43. The van der Waals surface area contributed by atoms with Gasteiger partial charge in [0.2, 0.25) is 0 Å². The monoisotopic (exact) mass is 402 g/mol. The summed E-state index contributed by atoms with van der Waals surface area (Å²) in [5, 5.41) is 1.03. The second-order valence-electron chi connectivity index (χ2n) is 7.37. The van der Waals surface area contributed by atoms with Crippen molar-refractivity contribution in [2.45, 2.75) is 0 Å². The third-order valence-corrected chi connectivity index (χ3v) is 5.43. The van der Waals surface area contributed by atoms with E-state index >= 15 is 0 Å². The number of ether oxygens (including phenoxy) is 1. The van der Waals surface area contributed by atoms with Crippen LogP contribution in [-0.4, -0.2) is 7.11 Å². The highest BCUT2D eigenvalue weighted by molar-refractivity contribution is 6.00. The number of hydrogen-bond donors (Lipinski definition) is 0. The lowest BCUT2D eigenvalue weighted by Crippen LogP contribution is -1.89. The summed E-state index contributed by atoms with van der Waals surface area (Å²) in [6.45, 7) is 0. The molecule has 5 rings (SSSR count). The Bertz CT molecular complexity index is 1290. The molecule has 0 saturated heterocycles. The van der Waals surface area contributed by atoms with Crippen LogP contribution in [0, 0.1) is 0 Å². The summed E-state index contributed by atoms with van der Waals surface area (Å²) >= 11 is 0. The summed E-state index contributed by atoms with van der Waals surface area (Å²) in [6.07, 6.45) is 2.23. The van der Waals surface area contributed by atoms with Gasteiger partial charge in [0.05, 0.1) is 7.11 Å². The first-order valence-corrected chi connectivity index (χ1v) is 10.3. The van der Waals surface area contributed by atoms with Crippen molar-refractivity contribution in [1.82, 2.24) is 0 Å². The molecule has 0 bridgehead atoms. The van der Waals surface area contributed by atoms with Gasteiger partial charge in [0.15, 0.2) is 11.3 Å². The number of hydrogen-bond acceptors (Lipinski definition) is 2. The molecule has 0 spiro atoms. The molecule has 0 N–H and O–H groups in total. The van der Waals surface area contributed by atoms with Crippen LogP contribution in [-0.2, 0) is 0 Å². The van der Waals surface area contributed by atoms with E-state index in [-0.39, 0.29) is 0 Å². The van der Waals surface area contributed by atoms with Gasteiger partial charge in [0.1, 0.15) is 5.76 Å². The van der Waals surface area contributed by atoms with Gasteiger partial charge in [-0.1, -0.05) is 97.1 Å². The van der Waals surface area contributed by atoms with E-state index in [4.69, 9.17) is 9.15 Å². The van der Waals surface area contributed by atoms with E-state index in [0.29, 0.717) is 0 Å². The van der Waals surface area contributed by atoms with E-state index in [1.165, 1.54) is 11.1 Å². The van der Waals surface area contributed by atoms with Crippen molar-refractivity contribution in [3.05, 3.63) is 126 Å². The molecule has 1 aromatic heterocycles. The normalized spacial score (nSPS) is 10.7. The largest absolute Gasteiger partial charge is 0.493 e. The standard InChI is InChI=1S/C29H22O2/c1-30-27-18-17-24(26-20-28(31-29(26)27)23-15-9-4-10-16-23)19-25(21-11-5-2-6-12-21)22-13-7-3-8-14-22/h2-20H,1H3. The molecule has 0 amide bonds. The van der Waals surface area contributed by atoms with Crippen LogP contribution < -0.4 is 4.74 Å². The maximum Gasteiger partial charge on any atom is 0.177 e. The van der Waals surface area contributed by atoms with Crippen LogP contribution in [0.1, 0.15) is 16.7 Å². The van der Waals surface area contributed by atoms with Crippen molar-refractivity contribution in [2.24, 2.45) is 0 Å². The average Bonchev–Trinajstić information content (AvgIpc) is 3.30. The zero-order valence-corrected chi connectivity index (χ0v) is 17.3. The molecule has 4 aromatic carbocycles. The van der Waals surface area contributed by atoms with Gasteiger partial charge in [-0.3, -0.25) is 0 Å². The Balaban J connectivity index is 1.73. The number of methoxy groups -OCH3 is 1. The Morgan fingerprint density at radius 2 is 1.29 bits per heavy atom. The Morgan fingerprint density at radius 1 is 0.710 bits per heavy atom. The van der Waals surface area contributed by atoms with Gasteiger partial charge in [-0.2, -0.15) is 0 Å². The third kappa shape index (κ3) is 3.76. The van der Waals surface area contributed by atoms with E-state index in [2.05, 4.69) is 78.9 Å². The Morgan fingerprint density at radius 3 is 1.87 bits per heavy atom. The molecular formula is C29H22O2. The molecule has 0 saturated carbocycles. The molecule has 0 fully saturated rings. The van der Waals surface area contributed by atoms with E-state index in [1.807, 2.05) is 36.4 Å². The molecule has 0 aliphatic rings. The minimum atomic E-state index is 0.732. The molecule has 0 unspecified atom stereocenters. The van der Waals surface area contributed by atoms with Gasteiger partial charge in [-0.15, -0.1) is 0 Å². The van der Waals surface area contributed by atoms with Crippen molar-refractivity contribution < 1.29 is 9.15 Å². The van der Waals surface area contributed by atoms with Gasteiger partial charge < -0.3 is 9.15 Å². The van der Waals surface area contributed by atoms with Crippen molar-refractivity contribution in [3.63, 3.8) is 0 Å². The summed E-state index contributed by atoms with van der Waals surface area (Å²) in [5.74, 6) is 1.56. The van der Waals surface area contributed by atoms with Crippen LogP contribution in [0.3, 0.4) is 0 Å². The smallest absolute Gasteiger partial charge is 0.177 e. The zero-order chi connectivity index (χ0) is 21.0. The molecule has 2 heteroatoms. The first kappa shape index (κ1) is 19.0. The van der Waals surface area contributed by atoms with Gasteiger partial charge in [0, 0.05) is 10.9 Å². The first-order valence-electron chi connectivity index (χ1n) is 10.3. The molecule has 0 atom stereocenters. The molecule has 150 valence electrons. The van der Waals surface area contributed by atoms with E-state index in [0.717, 1.165) is 39.2 Å². The maximum atomic E-state index is 6.26. The predicted molar refractivity (Wildman–Crippen MR) is 128 cm³/mol. The fourth-order valence-corrected chi connectivity index (χ4v) is 3.87. The van der Waals surface area contributed by atoms with Crippen LogP contribution in [0.2, 0.25) is 0 Å². The second kappa shape index (κ2) is 8.37. The number of furan rings is 1. The van der Waals surface area contributed by atoms with E-state index < -0.39 is 0 Å². The van der Waals surface area contributed by atoms with E-state index in [9.17, 15) is 0 Å². The molecule has 1 heterocycles. The molecule has 31 heavy (non-hydrogen) atoms. The summed E-state index contributed by atoms with van der Waals surface area (Å²) in [7, 11) is 1.67. The van der Waals surface area contributed by atoms with Crippen LogP contribution in [0.15, 0.2) is 114 Å². The number of benzene rings is 4. The van der Waals surface area contributed by atoms with E-state index in [1.54, 1.807) is 7.11 Å². The average molecular weight is 402 g/mol. The minimum absolute atomic E-state index is 0.732. The van der Waals surface area contributed by atoms with Gasteiger partial charge >= 0.3 is 0 Å². The highest BCUT2D eigenvalue weighted by Crippen LogP contribution is 2.37. The summed E-state index contributed by atoms with van der Waals surface area (Å²) in [6, 6.07) is 37.3. The Labute approximate surface area is 182 Å². The van der Waals surface area contributed by atoms with Crippen LogP contribution in [0.5, 0.6) is 5.75 Å². The molecule has 0 aliphatic carbocycles. The van der Waals surface area contributed by atoms with Crippen molar-refractivity contribution in [2.75, 3.05) is 7.11 Å². The van der Waals surface area contributed by atoms with Crippen LogP contribution in [0.25, 0.3) is 33.9 Å². The predicted octanol–water partition coefficient (Wildman–Crippen LogP) is 7.70.